The molecule has 0 radical (unpaired) electrons. The number of terminal acetylenes is 1. The Balaban J connectivity index is 2.13. The maximum Gasteiger partial charge on any atom is 0.248 e. The summed E-state index contributed by atoms with van der Waals surface area (Å²) in [5, 5.41) is 2.91. The van der Waals surface area contributed by atoms with Crippen molar-refractivity contribution in [2.24, 2.45) is 0 Å². The van der Waals surface area contributed by atoms with Crippen molar-refractivity contribution in [2.75, 3.05) is 13.1 Å². The topological polar surface area (TPSA) is 49.4 Å². The van der Waals surface area contributed by atoms with Gasteiger partial charge in [0, 0.05) is 13.0 Å². The third-order valence-electron chi connectivity index (χ3n) is 3.64. The molecule has 0 atom stereocenters. The number of hydrogen-bond donors (Lipinski definition) is 1. The molecule has 0 aromatic heterocycles. The third kappa shape index (κ3) is 2.28. The number of rotatable bonds is 2. The molecule has 2 amide bonds. The molecule has 2 fully saturated rings. The van der Waals surface area contributed by atoms with Crippen LogP contribution in [0.5, 0.6) is 0 Å². The van der Waals surface area contributed by atoms with Crippen molar-refractivity contribution in [3.63, 3.8) is 0 Å². The molecule has 4 heteroatoms. The number of hydrogen-bond acceptors (Lipinski definition) is 2. The minimum Gasteiger partial charge on any atom is -0.340 e. The van der Waals surface area contributed by atoms with Crippen LogP contribution in [0, 0.1) is 12.3 Å². The molecule has 0 bridgehead atoms. The van der Waals surface area contributed by atoms with Gasteiger partial charge in [-0.3, -0.25) is 9.59 Å². The molecule has 0 unspecified atom stereocenters. The van der Waals surface area contributed by atoms with Crippen LogP contribution in [0.4, 0.5) is 0 Å². The van der Waals surface area contributed by atoms with Gasteiger partial charge in [0.2, 0.25) is 11.8 Å². The molecule has 2 rings (SSSR count). The van der Waals surface area contributed by atoms with Crippen LogP contribution >= 0.6 is 0 Å². The fourth-order valence-corrected chi connectivity index (χ4v) is 2.78. The molecule has 1 aliphatic carbocycles. The average Bonchev–Trinajstić information content (AvgIpc) is 2.33. The zero-order chi connectivity index (χ0) is 12.3. The number of nitrogens with zero attached hydrogens (tertiary/aromatic N) is 1. The Morgan fingerprint density at radius 3 is 2.65 bits per heavy atom. The monoisotopic (exact) mass is 234 g/mol. The van der Waals surface area contributed by atoms with Gasteiger partial charge in [0.05, 0.1) is 6.54 Å². The molecule has 0 aromatic carbocycles. The van der Waals surface area contributed by atoms with Gasteiger partial charge in [-0.25, -0.2) is 0 Å². The summed E-state index contributed by atoms with van der Waals surface area (Å²) in [5.41, 5.74) is -0.623. The van der Waals surface area contributed by atoms with E-state index in [1.807, 2.05) is 0 Å². The lowest BCUT2D eigenvalue weighted by atomic mass is 9.79. The summed E-state index contributed by atoms with van der Waals surface area (Å²) in [4.78, 5) is 25.7. The minimum absolute atomic E-state index is 0.0523. The summed E-state index contributed by atoms with van der Waals surface area (Å²) in [6.07, 6.45) is 10.4. The molecule has 17 heavy (non-hydrogen) atoms. The van der Waals surface area contributed by atoms with E-state index in [1.54, 1.807) is 4.90 Å². The van der Waals surface area contributed by atoms with Gasteiger partial charge in [-0.05, 0) is 12.8 Å². The number of piperazine rings is 1. The zero-order valence-corrected chi connectivity index (χ0v) is 10.00. The van der Waals surface area contributed by atoms with E-state index in [9.17, 15) is 9.59 Å². The Labute approximate surface area is 102 Å². The number of carbonyl (C=O) groups is 2. The second-order valence-corrected chi connectivity index (χ2v) is 4.87. The molecular formula is C13H18N2O2. The van der Waals surface area contributed by atoms with E-state index in [0.717, 1.165) is 32.1 Å². The largest absolute Gasteiger partial charge is 0.340 e. The van der Waals surface area contributed by atoms with Gasteiger partial charge in [-0.1, -0.05) is 19.3 Å². The normalized spacial score (nSPS) is 23.4. The Kier molecular flexibility index (Phi) is 3.37. The molecule has 1 aliphatic heterocycles. The first-order valence-corrected chi connectivity index (χ1v) is 6.22. The highest BCUT2D eigenvalue weighted by molar-refractivity contribution is 5.98. The summed E-state index contributed by atoms with van der Waals surface area (Å²) >= 11 is 0. The Morgan fingerprint density at radius 1 is 1.29 bits per heavy atom. The lowest BCUT2D eigenvalue weighted by Gasteiger charge is -2.44. The Morgan fingerprint density at radius 2 is 2.00 bits per heavy atom. The number of nitrogens with one attached hydrogen (secondary N) is 1. The third-order valence-corrected chi connectivity index (χ3v) is 3.64. The fraction of sp³-hybridized carbons (Fsp3) is 0.692. The maximum atomic E-state index is 12.4. The van der Waals surface area contributed by atoms with E-state index in [0.29, 0.717) is 13.0 Å². The van der Waals surface area contributed by atoms with E-state index in [-0.39, 0.29) is 18.4 Å². The zero-order valence-electron chi connectivity index (χ0n) is 10.00. The van der Waals surface area contributed by atoms with Gasteiger partial charge in [0.1, 0.15) is 5.54 Å². The lowest BCUT2D eigenvalue weighted by Crippen LogP contribution is -2.67. The first-order valence-electron chi connectivity index (χ1n) is 6.22. The van der Waals surface area contributed by atoms with E-state index in [2.05, 4.69) is 11.2 Å². The van der Waals surface area contributed by atoms with Crippen LogP contribution in [0.1, 0.15) is 38.5 Å². The van der Waals surface area contributed by atoms with Crippen LogP contribution in [0.15, 0.2) is 0 Å². The predicted octanol–water partition coefficient (Wildman–Crippen LogP) is 0.671. The van der Waals surface area contributed by atoms with Crippen LogP contribution in [-0.4, -0.2) is 35.3 Å². The van der Waals surface area contributed by atoms with Crippen molar-refractivity contribution < 1.29 is 9.59 Å². The molecule has 1 saturated heterocycles. The number of amides is 2. The number of carbonyl (C=O) groups excluding carboxylic acids is 2. The molecule has 1 spiro atoms. The van der Waals surface area contributed by atoms with Gasteiger partial charge in [-0.15, -0.1) is 12.3 Å². The van der Waals surface area contributed by atoms with Crippen molar-refractivity contribution in [1.29, 1.82) is 0 Å². The van der Waals surface area contributed by atoms with Crippen molar-refractivity contribution >= 4 is 11.8 Å². The standard InChI is InChI=1S/C13H18N2O2/c1-2-3-9-15-10-11(16)14-13(12(15)17)7-5-4-6-8-13/h1H,3-10H2,(H,14,16). The lowest BCUT2D eigenvalue weighted by molar-refractivity contribution is -0.151. The van der Waals surface area contributed by atoms with Gasteiger partial charge >= 0.3 is 0 Å². The Bertz CT molecular complexity index is 364. The molecule has 2 aliphatic rings. The van der Waals surface area contributed by atoms with Gasteiger partial charge in [-0.2, -0.15) is 0 Å². The highest BCUT2D eigenvalue weighted by atomic mass is 16.2. The molecule has 1 saturated carbocycles. The summed E-state index contributed by atoms with van der Waals surface area (Å²) in [7, 11) is 0. The van der Waals surface area contributed by atoms with Crippen molar-refractivity contribution in [2.45, 2.75) is 44.1 Å². The molecule has 92 valence electrons. The van der Waals surface area contributed by atoms with Crippen molar-refractivity contribution in [3.05, 3.63) is 0 Å². The SMILES string of the molecule is C#CCCN1CC(=O)NC2(CCCCC2)C1=O. The summed E-state index contributed by atoms with van der Waals surface area (Å²) in [5.74, 6) is 2.53. The quantitative estimate of drug-likeness (QED) is 0.714. The van der Waals surface area contributed by atoms with Crippen LogP contribution in [0.3, 0.4) is 0 Å². The van der Waals surface area contributed by atoms with E-state index in [4.69, 9.17) is 6.42 Å². The predicted molar refractivity (Wildman–Crippen MR) is 64.0 cm³/mol. The van der Waals surface area contributed by atoms with Crippen molar-refractivity contribution in [3.8, 4) is 12.3 Å². The molecule has 0 aromatic rings. The highest BCUT2D eigenvalue weighted by Gasteiger charge is 2.46. The summed E-state index contributed by atoms with van der Waals surface area (Å²) in [6, 6.07) is 0. The second-order valence-electron chi connectivity index (χ2n) is 4.87. The van der Waals surface area contributed by atoms with Gasteiger partial charge in [0.25, 0.3) is 0 Å². The molecular weight excluding hydrogens is 216 g/mol. The maximum absolute atomic E-state index is 12.4. The molecule has 1 N–H and O–H groups in total. The van der Waals surface area contributed by atoms with Gasteiger partial charge in [0.15, 0.2) is 0 Å². The van der Waals surface area contributed by atoms with E-state index >= 15 is 0 Å². The second kappa shape index (κ2) is 4.79. The van der Waals surface area contributed by atoms with E-state index in [1.165, 1.54) is 0 Å². The minimum atomic E-state index is -0.623. The first-order chi connectivity index (χ1) is 8.18. The fourth-order valence-electron chi connectivity index (χ4n) is 2.78. The summed E-state index contributed by atoms with van der Waals surface area (Å²) < 4.78 is 0. The smallest absolute Gasteiger partial charge is 0.248 e. The average molecular weight is 234 g/mol. The van der Waals surface area contributed by atoms with Crippen LogP contribution < -0.4 is 5.32 Å². The van der Waals surface area contributed by atoms with Crippen LogP contribution in [0.2, 0.25) is 0 Å². The summed E-state index contributed by atoms with van der Waals surface area (Å²) in [6.45, 7) is 0.646. The molecule has 1 heterocycles. The van der Waals surface area contributed by atoms with E-state index < -0.39 is 5.54 Å². The van der Waals surface area contributed by atoms with Gasteiger partial charge < -0.3 is 10.2 Å². The molecule has 4 nitrogen and oxygen atoms in total. The van der Waals surface area contributed by atoms with Crippen LogP contribution in [0.25, 0.3) is 0 Å². The highest BCUT2D eigenvalue weighted by Crippen LogP contribution is 2.31. The first kappa shape index (κ1) is 12.0. The van der Waals surface area contributed by atoms with Crippen LogP contribution in [-0.2, 0) is 9.59 Å². The van der Waals surface area contributed by atoms with Crippen molar-refractivity contribution in [1.82, 2.24) is 10.2 Å². The Hall–Kier alpha value is -1.50.